The van der Waals surface area contributed by atoms with E-state index in [2.05, 4.69) is 0 Å². The van der Waals surface area contributed by atoms with Crippen molar-refractivity contribution in [1.29, 1.82) is 0 Å². The number of ether oxygens (including phenoxy) is 1. The average molecular weight is 256 g/mol. The Labute approximate surface area is 105 Å². The molecule has 1 atom stereocenters. The number of carbonyl (C=O) groups excluding carboxylic acids is 1. The minimum absolute atomic E-state index is 0.119. The van der Waals surface area contributed by atoms with Gasteiger partial charge in [-0.25, -0.2) is 4.79 Å². The van der Waals surface area contributed by atoms with E-state index in [9.17, 15) is 9.90 Å². The Balaban J connectivity index is 2.16. The van der Waals surface area contributed by atoms with Crippen LogP contribution < -0.4 is 0 Å². The Morgan fingerprint density at radius 2 is 2.12 bits per heavy atom. The van der Waals surface area contributed by atoms with Gasteiger partial charge < -0.3 is 9.84 Å². The summed E-state index contributed by atoms with van der Waals surface area (Å²) in [4.78, 5) is 13.1. The fourth-order valence-electron chi connectivity index (χ4n) is 1.75. The standard InChI is InChI=1S/C12H14ClNO3/c1-12(7-15)8-17-11(16)14(12)6-9-2-4-10(13)5-3-9/h2-5,15H,6-8H2,1H3. The lowest BCUT2D eigenvalue weighted by molar-refractivity contribution is 0.0957. The molecule has 0 aliphatic carbocycles. The van der Waals surface area contributed by atoms with Gasteiger partial charge in [0.2, 0.25) is 0 Å². The molecule has 0 bridgehead atoms. The van der Waals surface area contributed by atoms with E-state index in [0.29, 0.717) is 11.6 Å². The molecular formula is C12H14ClNO3. The van der Waals surface area contributed by atoms with Crippen molar-refractivity contribution in [3.05, 3.63) is 34.9 Å². The summed E-state index contributed by atoms with van der Waals surface area (Å²) in [5.41, 5.74) is 0.310. The van der Waals surface area contributed by atoms with Crippen molar-refractivity contribution in [1.82, 2.24) is 4.90 Å². The highest BCUT2D eigenvalue weighted by molar-refractivity contribution is 6.30. The van der Waals surface area contributed by atoms with Crippen LogP contribution in [0.3, 0.4) is 0 Å². The Bertz CT molecular complexity index is 420. The van der Waals surface area contributed by atoms with Crippen LogP contribution in [0.4, 0.5) is 4.79 Å². The Morgan fingerprint density at radius 3 is 2.71 bits per heavy atom. The van der Waals surface area contributed by atoms with Gasteiger partial charge in [-0.3, -0.25) is 4.90 Å². The largest absolute Gasteiger partial charge is 0.447 e. The molecule has 1 heterocycles. The second kappa shape index (κ2) is 4.55. The van der Waals surface area contributed by atoms with E-state index in [1.165, 1.54) is 4.90 Å². The summed E-state index contributed by atoms with van der Waals surface area (Å²) in [6, 6.07) is 7.25. The van der Waals surface area contributed by atoms with E-state index in [1.807, 2.05) is 12.1 Å². The third-order valence-corrected chi connectivity index (χ3v) is 3.23. The second-order valence-corrected chi connectivity index (χ2v) is 4.86. The fraction of sp³-hybridized carbons (Fsp3) is 0.417. The molecular weight excluding hydrogens is 242 g/mol. The van der Waals surface area contributed by atoms with Gasteiger partial charge in [-0.15, -0.1) is 0 Å². The molecule has 0 spiro atoms. The van der Waals surface area contributed by atoms with Crippen LogP contribution in [0.25, 0.3) is 0 Å². The molecule has 2 rings (SSSR count). The first-order chi connectivity index (χ1) is 8.05. The number of halogens is 1. The van der Waals surface area contributed by atoms with Gasteiger partial charge in [0.15, 0.2) is 0 Å². The first kappa shape index (κ1) is 12.2. The quantitative estimate of drug-likeness (QED) is 0.899. The van der Waals surface area contributed by atoms with Crippen molar-refractivity contribution in [2.45, 2.75) is 19.0 Å². The monoisotopic (exact) mass is 255 g/mol. The van der Waals surface area contributed by atoms with Crippen molar-refractivity contribution >= 4 is 17.7 Å². The highest BCUT2D eigenvalue weighted by Gasteiger charge is 2.43. The van der Waals surface area contributed by atoms with Crippen LogP contribution in [0.2, 0.25) is 5.02 Å². The number of aliphatic hydroxyl groups excluding tert-OH is 1. The van der Waals surface area contributed by atoms with Crippen molar-refractivity contribution in [2.24, 2.45) is 0 Å². The molecule has 1 fully saturated rings. The van der Waals surface area contributed by atoms with Gasteiger partial charge >= 0.3 is 6.09 Å². The van der Waals surface area contributed by atoms with E-state index in [-0.39, 0.29) is 13.2 Å². The Kier molecular flexibility index (Phi) is 3.26. The van der Waals surface area contributed by atoms with Crippen LogP contribution in [0, 0.1) is 0 Å². The highest BCUT2D eigenvalue weighted by Crippen LogP contribution is 2.26. The molecule has 1 N–H and O–H groups in total. The number of nitrogens with zero attached hydrogens (tertiary/aromatic N) is 1. The van der Waals surface area contributed by atoms with Gasteiger partial charge in [-0.2, -0.15) is 0 Å². The minimum Gasteiger partial charge on any atom is -0.447 e. The maximum Gasteiger partial charge on any atom is 0.410 e. The minimum atomic E-state index is -0.642. The molecule has 92 valence electrons. The topological polar surface area (TPSA) is 49.8 Å². The van der Waals surface area contributed by atoms with Crippen LogP contribution in [-0.2, 0) is 11.3 Å². The first-order valence-electron chi connectivity index (χ1n) is 5.35. The molecule has 0 saturated carbocycles. The number of hydrogen-bond acceptors (Lipinski definition) is 3. The third kappa shape index (κ3) is 2.37. The van der Waals surface area contributed by atoms with Crippen LogP contribution >= 0.6 is 11.6 Å². The molecule has 1 aliphatic heterocycles. The van der Waals surface area contributed by atoms with Gasteiger partial charge in [-0.1, -0.05) is 23.7 Å². The summed E-state index contributed by atoms with van der Waals surface area (Å²) in [7, 11) is 0. The number of cyclic esters (lactones) is 1. The summed E-state index contributed by atoms with van der Waals surface area (Å²) in [5.74, 6) is 0. The smallest absolute Gasteiger partial charge is 0.410 e. The molecule has 1 unspecified atom stereocenters. The molecule has 4 nitrogen and oxygen atoms in total. The summed E-state index contributed by atoms with van der Waals surface area (Å²) < 4.78 is 4.97. The average Bonchev–Trinajstić information content (AvgIpc) is 2.61. The van der Waals surface area contributed by atoms with Crippen molar-refractivity contribution in [3.8, 4) is 0 Å². The highest BCUT2D eigenvalue weighted by atomic mass is 35.5. The molecule has 0 aromatic heterocycles. The lowest BCUT2D eigenvalue weighted by Crippen LogP contribution is -2.47. The molecule has 5 heteroatoms. The van der Waals surface area contributed by atoms with Crippen molar-refractivity contribution in [2.75, 3.05) is 13.2 Å². The zero-order valence-corrected chi connectivity index (χ0v) is 10.3. The van der Waals surface area contributed by atoms with Crippen LogP contribution in [0.1, 0.15) is 12.5 Å². The first-order valence-corrected chi connectivity index (χ1v) is 5.73. The number of benzene rings is 1. The number of hydrogen-bond donors (Lipinski definition) is 1. The Morgan fingerprint density at radius 1 is 1.47 bits per heavy atom. The Hall–Kier alpha value is -1.26. The molecule has 17 heavy (non-hydrogen) atoms. The summed E-state index contributed by atoms with van der Waals surface area (Å²) in [6.45, 7) is 2.31. The SMILES string of the molecule is CC1(CO)COC(=O)N1Cc1ccc(Cl)cc1. The summed E-state index contributed by atoms with van der Waals surface area (Å²) in [6.07, 6.45) is -0.392. The lowest BCUT2D eigenvalue weighted by atomic mass is 10.0. The van der Waals surface area contributed by atoms with Gasteiger partial charge in [0, 0.05) is 11.6 Å². The molecule has 0 radical (unpaired) electrons. The predicted octanol–water partition coefficient (Wildman–Crippen LogP) is 2.04. The van der Waals surface area contributed by atoms with E-state index in [1.54, 1.807) is 19.1 Å². The van der Waals surface area contributed by atoms with E-state index >= 15 is 0 Å². The van der Waals surface area contributed by atoms with Crippen LogP contribution in [-0.4, -0.2) is 34.9 Å². The van der Waals surface area contributed by atoms with Gasteiger partial charge in [0.1, 0.15) is 12.1 Å². The number of aliphatic hydroxyl groups is 1. The lowest BCUT2D eigenvalue weighted by Gasteiger charge is -2.29. The van der Waals surface area contributed by atoms with Gasteiger partial charge in [0.05, 0.1) is 6.61 Å². The molecule has 1 aromatic rings. The molecule has 1 aliphatic rings. The second-order valence-electron chi connectivity index (χ2n) is 4.42. The molecule has 1 amide bonds. The van der Waals surface area contributed by atoms with Gasteiger partial charge in [-0.05, 0) is 24.6 Å². The van der Waals surface area contributed by atoms with E-state index in [0.717, 1.165) is 5.56 Å². The molecule has 1 saturated heterocycles. The van der Waals surface area contributed by atoms with Crippen LogP contribution in [0.15, 0.2) is 24.3 Å². The van der Waals surface area contributed by atoms with Crippen LogP contribution in [0.5, 0.6) is 0 Å². The summed E-state index contributed by atoms with van der Waals surface area (Å²) in [5, 5.41) is 10.00. The zero-order valence-electron chi connectivity index (χ0n) is 9.52. The predicted molar refractivity (Wildman–Crippen MR) is 63.8 cm³/mol. The maximum atomic E-state index is 11.6. The van der Waals surface area contributed by atoms with Crippen molar-refractivity contribution in [3.63, 3.8) is 0 Å². The summed E-state index contributed by atoms with van der Waals surface area (Å²) >= 11 is 5.80. The fourth-order valence-corrected chi connectivity index (χ4v) is 1.88. The number of amides is 1. The van der Waals surface area contributed by atoms with E-state index < -0.39 is 11.6 Å². The normalized spacial score (nSPS) is 23.9. The zero-order chi connectivity index (χ0) is 12.5. The third-order valence-electron chi connectivity index (χ3n) is 2.97. The van der Waals surface area contributed by atoms with Gasteiger partial charge in [0.25, 0.3) is 0 Å². The number of carbonyl (C=O) groups is 1. The number of rotatable bonds is 3. The maximum absolute atomic E-state index is 11.6. The molecule has 1 aromatic carbocycles. The van der Waals surface area contributed by atoms with E-state index in [4.69, 9.17) is 16.3 Å². The van der Waals surface area contributed by atoms with Crippen molar-refractivity contribution < 1.29 is 14.6 Å².